The summed E-state index contributed by atoms with van der Waals surface area (Å²) < 4.78 is 13.4. The topological polar surface area (TPSA) is 79.8 Å². The van der Waals surface area contributed by atoms with Gasteiger partial charge in [-0.3, -0.25) is 9.59 Å². The van der Waals surface area contributed by atoms with Crippen LogP contribution in [-0.2, 0) is 14.4 Å². The van der Waals surface area contributed by atoms with E-state index < -0.39 is 5.91 Å². The molecule has 0 aromatic heterocycles. The number of amides is 2. The molecule has 0 spiro atoms. The summed E-state index contributed by atoms with van der Waals surface area (Å²) in [5.74, 6) is -0.975. The molecule has 2 aromatic carbocycles. The summed E-state index contributed by atoms with van der Waals surface area (Å²) in [6, 6.07) is 11.5. The summed E-state index contributed by atoms with van der Waals surface area (Å²) >= 11 is 0. The third kappa shape index (κ3) is 5.70. The second kappa shape index (κ2) is 8.75. The number of hydrogen-bond acceptors (Lipinski definition) is 4. The number of rotatable bonds is 6. The summed E-state index contributed by atoms with van der Waals surface area (Å²) in [4.78, 5) is 27.8. The van der Waals surface area contributed by atoms with Gasteiger partial charge in [0.05, 0.1) is 5.71 Å². The molecule has 0 unspecified atom stereocenters. The van der Waals surface area contributed by atoms with Crippen molar-refractivity contribution in [2.45, 2.75) is 20.8 Å². The predicted octanol–water partition coefficient (Wildman–Crippen LogP) is 3.47. The van der Waals surface area contributed by atoms with Crippen LogP contribution in [0.1, 0.15) is 25.0 Å². The number of nitrogens with one attached hydrogen (secondary N) is 2. The molecule has 0 aliphatic carbocycles. The maximum absolute atomic E-state index is 13.4. The fourth-order valence-corrected chi connectivity index (χ4v) is 2.11. The second-order valence-electron chi connectivity index (χ2n) is 5.72. The number of carbonyl (C=O) groups excluding carboxylic acids is 2. The van der Waals surface area contributed by atoms with Gasteiger partial charge in [0.25, 0.3) is 5.91 Å². The van der Waals surface area contributed by atoms with Crippen molar-refractivity contribution in [3.05, 3.63) is 59.4 Å². The molecule has 2 N–H and O–H groups in total. The molecule has 0 radical (unpaired) electrons. The Balaban J connectivity index is 1.87. The maximum Gasteiger partial charge on any atom is 0.265 e. The van der Waals surface area contributed by atoms with E-state index in [0.29, 0.717) is 22.6 Å². The van der Waals surface area contributed by atoms with Crippen molar-refractivity contribution in [3.8, 4) is 0 Å². The number of oxime groups is 1. The molecule has 0 aliphatic rings. The number of nitrogens with zero attached hydrogens (tertiary/aromatic N) is 1. The van der Waals surface area contributed by atoms with Crippen LogP contribution < -0.4 is 10.6 Å². The van der Waals surface area contributed by atoms with Gasteiger partial charge in [-0.15, -0.1) is 0 Å². The van der Waals surface area contributed by atoms with Crippen LogP contribution in [0.5, 0.6) is 0 Å². The number of halogens is 1. The number of anilines is 2. The van der Waals surface area contributed by atoms with Gasteiger partial charge in [-0.2, -0.15) is 0 Å². The molecule has 6 nitrogen and oxygen atoms in total. The average Bonchev–Trinajstić information content (AvgIpc) is 2.58. The number of carbonyl (C=O) groups is 2. The summed E-state index contributed by atoms with van der Waals surface area (Å²) in [5, 5.41) is 9.10. The molecule has 0 saturated carbocycles. The smallest absolute Gasteiger partial charge is 0.265 e. The Labute approximate surface area is 151 Å². The predicted molar refractivity (Wildman–Crippen MR) is 98.7 cm³/mol. The van der Waals surface area contributed by atoms with Gasteiger partial charge < -0.3 is 15.5 Å². The van der Waals surface area contributed by atoms with Gasteiger partial charge in [-0.05, 0) is 49.2 Å². The maximum atomic E-state index is 13.4. The molecule has 26 heavy (non-hydrogen) atoms. The van der Waals surface area contributed by atoms with E-state index in [9.17, 15) is 14.0 Å². The highest BCUT2D eigenvalue weighted by Crippen LogP contribution is 2.13. The fraction of sp³-hybridized carbons (Fsp3) is 0.211. The van der Waals surface area contributed by atoms with Crippen molar-refractivity contribution >= 4 is 28.9 Å². The van der Waals surface area contributed by atoms with Gasteiger partial charge in [0.15, 0.2) is 6.61 Å². The number of aryl methyl sites for hydroxylation is 1. The molecule has 2 amide bonds. The Morgan fingerprint density at radius 1 is 1.04 bits per heavy atom. The Kier molecular flexibility index (Phi) is 6.43. The SMILES string of the molecule is CC(=O)Nc1ccc(/C(C)=N/OCC(=O)Nc2ccc(C)c(F)c2)cc1. The molecule has 0 aliphatic heterocycles. The van der Waals surface area contributed by atoms with Crippen molar-refractivity contribution in [3.63, 3.8) is 0 Å². The van der Waals surface area contributed by atoms with E-state index in [0.717, 1.165) is 5.56 Å². The van der Waals surface area contributed by atoms with Crippen molar-refractivity contribution < 1.29 is 18.8 Å². The minimum atomic E-state index is -0.439. The Morgan fingerprint density at radius 2 is 1.69 bits per heavy atom. The van der Waals surface area contributed by atoms with Gasteiger partial charge >= 0.3 is 0 Å². The van der Waals surface area contributed by atoms with Crippen molar-refractivity contribution in [2.75, 3.05) is 17.2 Å². The van der Waals surface area contributed by atoms with Crippen LogP contribution in [0.2, 0.25) is 0 Å². The lowest BCUT2D eigenvalue weighted by Gasteiger charge is -2.07. The van der Waals surface area contributed by atoms with Crippen molar-refractivity contribution in [1.82, 2.24) is 0 Å². The Morgan fingerprint density at radius 3 is 2.31 bits per heavy atom. The third-order valence-corrected chi connectivity index (χ3v) is 3.48. The quantitative estimate of drug-likeness (QED) is 0.614. The van der Waals surface area contributed by atoms with Gasteiger partial charge in [0, 0.05) is 18.3 Å². The van der Waals surface area contributed by atoms with Crippen LogP contribution in [0.3, 0.4) is 0 Å². The van der Waals surface area contributed by atoms with Gasteiger partial charge in [-0.1, -0.05) is 23.4 Å². The van der Waals surface area contributed by atoms with E-state index >= 15 is 0 Å². The Hall–Kier alpha value is -3.22. The van der Waals surface area contributed by atoms with Crippen LogP contribution in [0.4, 0.5) is 15.8 Å². The van der Waals surface area contributed by atoms with E-state index in [1.165, 1.54) is 13.0 Å². The van der Waals surface area contributed by atoms with Crippen LogP contribution in [0.25, 0.3) is 0 Å². The first kappa shape index (κ1) is 19.1. The lowest BCUT2D eigenvalue weighted by Crippen LogP contribution is -2.17. The standard InChI is InChI=1S/C19H20FN3O3/c1-12-4-7-17(10-18(12)20)22-19(25)11-26-23-13(2)15-5-8-16(9-6-15)21-14(3)24/h4-10H,11H2,1-3H3,(H,21,24)(H,22,25)/b23-13+. The summed E-state index contributed by atoms with van der Waals surface area (Å²) in [6.45, 7) is 4.52. The van der Waals surface area contributed by atoms with E-state index in [-0.39, 0.29) is 18.3 Å². The van der Waals surface area contributed by atoms with E-state index in [4.69, 9.17) is 4.84 Å². The van der Waals surface area contributed by atoms with Crippen LogP contribution in [-0.4, -0.2) is 24.1 Å². The van der Waals surface area contributed by atoms with Gasteiger partial charge in [-0.25, -0.2) is 4.39 Å². The summed E-state index contributed by atoms with van der Waals surface area (Å²) in [7, 11) is 0. The number of benzene rings is 2. The molecule has 0 saturated heterocycles. The fourth-order valence-electron chi connectivity index (χ4n) is 2.11. The van der Waals surface area contributed by atoms with E-state index in [2.05, 4.69) is 15.8 Å². The number of hydrogen-bond donors (Lipinski definition) is 2. The highest BCUT2D eigenvalue weighted by Gasteiger charge is 2.06. The Bertz CT molecular complexity index is 832. The summed E-state index contributed by atoms with van der Waals surface area (Å²) in [6.07, 6.45) is 0. The lowest BCUT2D eigenvalue weighted by molar-refractivity contribution is -0.120. The van der Waals surface area contributed by atoms with E-state index in [1.54, 1.807) is 50.2 Å². The molecular weight excluding hydrogens is 337 g/mol. The monoisotopic (exact) mass is 357 g/mol. The van der Waals surface area contributed by atoms with Gasteiger partial charge in [0.1, 0.15) is 5.82 Å². The molecule has 0 atom stereocenters. The third-order valence-electron chi connectivity index (χ3n) is 3.48. The molecule has 0 bridgehead atoms. The minimum Gasteiger partial charge on any atom is -0.385 e. The zero-order valence-corrected chi connectivity index (χ0v) is 14.8. The highest BCUT2D eigenvalue weighted by atomic mass is 19.1. The molecule has 2 aromatic rings. The minimum absolute atomic E-state index is 0.147. The van der Waals surface area contributed by atoms with Crippen molar-refractivity contribution in [2.24, 2.45) is 5.16 Å². The molecule has 0 heterocycles. The molecular formula is C19H20FN3O3. The highest BCUT2D eigenvalue weighted by molar-refractivity contribution is 5.99. The molecule has 0 fully saturated rings. The first-order valence-electron chi connectivity index (χ1n) is 7.96. The van der Waals surface area contributed by atoms with Crippen LogP contribution in [0, 0.1) is 12.7 Å². The van der Waals surface area contributed by atoms with E-state index in [1.807, 2.05) is 0 Å². The molecule has 2 rings (SSSR count). The summed E-state index contributed by atoms with van der Waals surface area (Å²) in [5.41, 5.74) is 2.91. The molecule has 7 heteroatoms. The lowest BCUT2D eigenvalue weighted by atomic mass is 10.1. The average molecular weight is 357 g/mol. The van der Waals surface area contributed by atoms with Crippen LogP contribution >= 0.6 is 0 Å². The second-order valence-corrected chi connectivity index (χ2v) is 5.72. The van der Waals surface area contributed by atoms with Crippen molar-refractivity contribution in [1.29, 1.82) is 0 Å². The first-order chi connectivity index (χ1) is 12.3. The zero-order valence-electron chi connectivity index (χ0n) is 14.8. The largest absolute Gasteiger partial charge is 0.385 e. The zero-order chi connectivity index (χ0) is 19.1. The van der Waals surface area contributed by atoms with Crippen LogP contribution in [0.15, 0.2) is 47.6 Å². The van der Waals surface area contributed by atoms with Gasteiger partial charge in [0.2, 0.25) is 5.91 Å². The normalized spacial score (nSPS) is 11.0. The first-order valence-corrected chi connectivity index (χ1v) is 7.96. The molecule has 136 valence electrons.